The van der Waals surface area contributed by atoms with Crippen LogP contribution in [0.4, 0.5) is 0 Å². The van der Waals surface area contributed by atoms with Gasteiger partial charge in [-0.3, -0.25) is 9.59 Å². The summed E-state index contributed by atoms with van der Waals surface area (Å²) < 4.78 is 6.76. The minimum atomic E-state index is -0.161. The molecule has 1 N–H and O–H groups in total. The van der Waals surface area contributed by atoms with Gasteiger partial charge in [0, 0.05) is 22.9 Å². The maximum atomic E-state index is 11.9. The lowest BCUT2D eigenvalue weighted by molar-refractivity contribution is -0.121. The van der Waals surface area contributed by atoms with E-state index >= 15 is 0 Å². The van der Waals surface area contributed by atoms with Crippen molar-refractivity contribution >= 4 is 39.0 Å². The zero-order chi connectivity index (χ0) is 17.6. The molecule has 0 aliphatic rings. The molecule has 2 heterocycles. The van der Waals surface area contributed by atoms with Gasteiger partial charge < -0.3 is 9.73 Å². The summed E-state index contributed by atoms with van der Waals surface area (Å²) in [6.45, 7) is 0.308. The van der Waals surface area contributed by atoms with Crippen molar-refractivity contribution in [1.29, 1.82) is 0 Å². The summed E-state index contributed by atoms with van der Waals surface area (Å²) in [6.07, 6.45) is 0.394. The van der Waals surface area contributed by atoms with Crippen LogP contribution in [0.2, 0.25) is 0 Å². The molecule has 128 valence electrons. The molecule has 3 rings (SSSR count). The van der Waals surface area contributed by atoms with E-state index < -0.39 is 0 Å². The Bertz CT molecular complexity index is 853. The Morgan fingerprint density at radius 3 is 2.56 bits per heavy atom. The summed E-state index contributed by atoms with van der Waals surface area (Å²) in [7, 11) is 0. The molecule has 1 amide bonds. The lowest BCUT2D eigenvalue weighted by Crippen LogP contribution is -2.22. The summed E-state index contributed by atoms with van der Waals surface area (Å²) in [6, 6.07) is 15.1. The van der Waals surface area contributed by atoms with Gasteiger partial charge in [0.1, 0.15) is 11.5 Å². The molecule has 0 unspecified atom stereocenters. The Balaban J connectivity index is 1.48. The van der Waals surface area contributed by atoms with Gasteiger partial charge in [0.15, 0.2) is 5.78 Å². The number of halogens is 1. The highest BCUT2D eigenvalue weighted by molar-refractivity contribution is 9.10. The summed E-state index contributed by atoms with van der Waals surface area (Å²) >= 11 is 4.80. The van der Waals surface area contributed by atoms with E-state index in [1.807, 2.05) is 47.8 Å². The maximum absolute atomic E-state index is 11.9. The average Bonchev–Trinajstić information content (AvgIpc) is 3.30. The second kappa shape index (κ2) is 8.27. The van der Waals surface area contributed by atoms with E-state index in [0.29, 0.717) is 17.2 Å². The highest BCUT2D eigenvalue weighted by Crippen LogP contribution is 2.24. The molecule has 0 fully saturated rings. The smallest absolute Gasteiger partial charge is 0.220 e. The van der Waals surface area contributed by atoms with Crippen molar-refractivity contribution in [3.05, 3.63) is 69.0 Å². The molecular formula is C19H16BrNO3S. The van der Waals surface area contributed by atoms with Crippen LogP contribution < -0.4 is 5.32 Å². The lowest BCUT2D eigenvalue weighted by atomic mass is 10.2. The Labute approximate surface area is 158 Å². The van der Waals surface area contributed by atoms with E-state index in [1.54, 1.807) is 6.07 Å². The fourth-order valence-electron chi connectivity index (χ4n) is 2.30. The van der Waals surface area contributed by atoms with Crippen molar-refractivity contribution in [3.8, 4) is 11.3 Å². The highest BCUT2D eigenvalue weighted by atomic mass is 79.9. The van der Waals surface area contributed by atoms with Gasteiger partial charge >= 0.3 is 0 Å². The van der Waals surface area contributed by atoms with Crippen molar-refractivity contribution < 1.29 is 14.0 Å². The molecule has 3 aromatic rings. The van der Waals surface area contributed by atoms with E-state index in [-0.39, 0.29) is 24.5 Å². The molecule has 0 aliphatic carbocycles. The number of hydrogen-bond donors (Lipinski definition) is 1. The molecule has 0 atom stereocenters. The molecule has 0 saturated carbocycles. The van der Waals surface area contributed by atoms with Crippen LogP contribution in [0.1, 0.15) is 28.3 Å². The first-order chi connectivity index (χ1) is 12.1. The number of benzene rings is 1. The fourth-order valence-corrected chi connectivity index (χ4v) is 3.26. The Hall–Kier alpha value is -2.18. The number of nitrogens with one attached hydrogen (secondary N) is 1. The Morgan fingerprint density at radius 1 is 1.04 bits per heavy atom. The number of amides is 1. The van der Waals surface area contributed by atoms with Crippen LogP contribution in [0.15, 0.2) is 62.8 Å². The average molecular weight is 418 g/mol. The van der Waals surface area contributed by atoms with E-state index in [9.17, 15) is 9.59 Å². The molecule has 0 aliphatic heterocycles. The second-order valence-electron chi connectivity index (χ2n) is 5.45. The number of carbonyl (C=O) groups excluding carboxylic acids is 2. The van der Waals surface area contributed by atoms with Crippen molar-refractivity contribution in [2.24, 2.45) is 0 Å². The number of thiophene rings is 1. The topological polar surface area (TPSA) is 59.3 Å². The van der Waals surface area contributed by atoms with Gasteiger partial charge in [-0.25, -0.2) is 0 Å². The molecule has 25 heavy (non-hydrogen) atoms. The van der Waals surface area contributed by atoms with Crippen LogP contribution in [0.25, 0.3) is 11.3 Å². The SMILES string of the molecule is O=C(CCC(=O)c1cccs1)NCc1ccc(-c2ccc(Br)cc2)o1. The molecule has 0 bridgehead atoms. The van der Waals surface area contributed by atoms with Crippen molar-refractivity contribution in [3.63, 3.8) is 0 Å². The van der Waals surface area contributed by atoms with Crippen molar-refractivity contribution in [2.45, 2.75) is 19.4 Å². The number of ketones is 1. The first kappa shape index (κ1) is 17.6. The first-order valence-corrected chi connectivity index (χ1v) is 9.47. The number of carbonyl (C=O) groups is 2. The second-order valence-corrected chi connectivity index (χ2v) is 7.31. The van der Waals surface area contributed by atoms with Crippen LogP contribution in [0.3, 0.4) is 0 Å². The summed E-state index contributed by atoms with van der Waals surface area (Å²) in [5, 5.41) is 4.64. The van der Waals surface area contributed by atoms with Gasteiger partial charge in [-0.2, -0.15) is 0 Å². The molecule has 1 aromatic carbocycles. The van der Waals surface area contributed by atoms with E-state index in [4.69, 9.17) is 4.42 Å². The highest BCUT2D eigenvalue weighted by Gasteiger charge is 2.11. The summed E-state index contributed by atoms with van der Waals surface area (Å²) in [4.78, 5) is 24.5. The Kier molecular flexibility index (Phi) is 5.83. The quantitative estimate of drug-likeness (QED) is 0.547. The molecule has 0 radical (unpaired) electrons. The molecular weight excluding hydrogens is 402 g/mol. The molecule has 4 nitrogen and oxygen atoms in total. The Morgan fingerprint density at radius 2 is 1.84 bits per heavy atom. The summed E-state index contributed by atoms with van der Waals surface area (Å²) in [5.74, 6) is 1.27. The molecule has 6 heteroatoms. The van der Waals surface area contributed by atoms with Gasteiger partial charge in [-0.1, -0.05) is 34.1 Å². The van der Waals surface area contributed by atoms with Crippen molar-refractivity contribution in [1.82, 2.24) is 5.32 Å². The van der Waals surface area contributed by atoms with Crippen LogP contribution in [-0.4, -0.2) is 11.7 Å². The molecule has 0 saturated heterocycles. The van der Waals surface area contributed by atoms with Crippen LogP contribution in [0, 0.1) is 0 Å². The van der Waals surface area contributed by atoms with E-state index in [2.05, 4.69) is 21.2 Å². The third-order valence-electron chi connectivity index (χ3n) is 3.63. The van der Waals surface area contributed by atoms with Crippen molar-refractivity contribution in [2.75, 3.05) is 0 Å². The predicted octanol–water partition coefficient (Wildman–Crippen LogP) is 5.05. The molecule has 2 aromatic heterocycles. The maximum Gasteiger partial charge on any atom is 0.220 e. The largest absolute Gasteiger partial charge is 0.459 e. The molecule has 0 spiro atoms. The monoisotopic (exact) mass is 417 g/mol. The van der Waals surface area contributed by atoms with Crippen LogP contribution >= 0.6 is 27.3 Å². The number of hydrogen-bond acceptors (Lipinski definition) is 4. The minimum absolute atomic E-state index is 0.000623. The van der Waals surface area contributed by atoms with E-state index in [0.717, 1.165) is 15.8 Å². The third kappa shape index (κ3) is 4.90. The fraction of sp³-hybridized carbons (Fsp3) is 0.158. The normalized spacial score (nSPS) is 10.6. The van der Waals surface area contributed by atoms with Gasteiger partial charge in [0.05, 0.1) is 11.4 Å². The predicted molar refractivity (Wildman–Crippen MR) is 102 cm³/mol. The van der Waals surface area contributed by atoms with Crippen LogP contribution in [0.5, 0.6) is 0 Å². The van der Waals surface area contributed by atoms with Gasteiger partial charge in [0.25, 0.3) is 0 Å². The standard InChI is InChI=1S/C19H16BrNO3S/c20-14-5-3-13(4-6-14)17-9-7-15(24-17)12-21-19(23)10-8-16(22)18-2-1-11-25-18/h1-7,9,11H,8,10,12H2,(H,21,23). The zero-order valence-corrected chi connectivity index (χ0v) is 15.7. The first-order valence-electron chi connectivity index (χ1n) is 7.80. The number of rotatable bonds is 7. The van der Waals surface area contributed by atoms with Gasteiger partial charge in [-0.05, 0) is 35.7 Å². The van der Waals surface area contributed by atoms with Gasteiger partial charge in [0.2, 0.25) is 5.91 Å². The third-order valence-corrected chi connectivity index (χ3v) is 5.06. The number of Topliss-reactive ketones (excluding diaryl/α,β-unsaturated/α-hetero) is 1. The lowest BCUT2D eigenvalue weighted by Gasteiger charge is -2.03. The van der Waals surface area contributed by atoms with E-state index in [1.165, 1.54) is 11.3 Å². The van der Waals surface area contributed by atoms with Gasteiger partial charge in [-0.15, -0.1) is 11.3 Å². The summed E-state index contributed by atoms with van der Waals surface area (Å²) in [5.41, 5.74) is 0.974. The minimum Gasteiger partial charge on any atom is -0.459 e. The number of furan rings is 1. The zero-order valence-electron chi connectivity index (χ0n) is 13.3. The van der Waals surface area contributed by atoms with Crippen LogP contribution in [-0.2, 0) is 11.3 Å².